The van der Waals surface area contributed by atoms with E-state index in [1.807, 2.05) is 13.0 Å². The van der Waals surface area contributed by atoms with Gasteiger partial charge >= 0.3 is 0 Å². The molecule has 1 aromatic carbocycles. The van der Waals surface area contributed by atoms with Gasteiger partial charge in [-0.1, -0.05) is 11.6 Å². The summed E-state index contributed by atoms with van der Waals surface area (Å²) in [5, 5.41) is 3.74. The number of anilines is 3. The van der Waals surface area contributed by atoms with Gasteiger partial charge in [-0.2, -0.15) is 0 Å². The molecule has 0 spiro atoms. The third kappa shape index (κ3) is 2.70. The molecular weight excluding hydrogens is 280 g/mol. The first kappa shape index (κ1) is 14.2. The second kappa shape index (κ2) is 5.83. The summed E-state index contributed by atoms with van der Waals surface area (Å²) in [6.07, 6.45) is 1.36. The van der Waals surface area contributed by atoms with Crippen LogP contribution in [0.4, 0.5) is 17.3 Å². The van der Waals surface area contributed by atoms with Crippen molar-refractivity contribution in [1.82, 2.24) is 9.97 Å². The summed E-state index contributed by atoms with van der Waals surface area (Å²) in [7, 11) is 3.07. The van der Waals surface area contributed by atoms with Crippen LogP contribution in [0.2, 0.25) is 5.02 Å². The van der Waals surface area contributed by atoms with E-state index in [2.05, 4.69) is 15.3 Å². The Morgan fingerprint density at radius 3 is 2.60 bits per heavy atom. The van der Waals surface area contributed by atoms with E-state index in [1.54, 1.807) is 13.2 Å². The lowest BCUT2D eigenvalue weighted by Crippen LogP contribution is -2.04. The molecule has 0 radical (unpaired) electrons. The second-order valence-electron chi connectivity index (χ2n) is 4.07. The van der Waals surface area contributed by atoms with Gasteiger partial charge in [0.05, 0.1) is 19.9 Å². The van der Waals surface area contributed by atoms with E-state index in [9.17, 15) is 0 Å². The fourth-order valence-electron chi connectivity index (χ4n) is 1.74. The van der Waals surface area contributed by atoms with Gasteiger partial charge in [0.2, 0.25) is 5.75 Å². The lowest BCUT2D eigenvalue weighted by atomic mass is 10.2. The zero-order chi connectivity index (χ0) is 14.7. The van der Waals surface area contributed by atoms with E-state index < -0.39 is 0 Å². The smallest absolute Gasteiger partial charge is 0.204 e. The number of halogens is 1. The van der Waals surface area contributed by atoms with Crippen LogP contribution in [0.5, 0.6) is 11.5 Å². The molecule has 0 saturated carbocycles. The molecular formula is C13H15ClN4O2. The Bertz CT molecular complexity index is 634. The molecule has 2 rings (SSSR count). The molecule has 106 valence electrons. The number of nitrogens with one attached hydrogen (secondary N) is 1. The van der Waals surface area contributed by atoms with Gasteiger partial charge in [-0.15, -0.1) is 0 Å². The maximum Gasteiger partial charge on any atom is 0.204 e. The molecule has 0 aliphatic heterocycles. The van der Waals surface area contributed by atoms with Crippen molar-refractivity contribution in [2.24, 2.45) is 0 Å². The first-order chi connectivity index (χ1) is 9.56. The van der Waals surface area contributed by atoms with Gasteiger partial charge in [0, 0.05) is 11.1 Å². The molecule has 1 aromatic heterocycles. The summed E-state index contributed by atoms with van der Waals surface area (Å²) >= 11 is 6.07. The molecule has 0 atom stereocenters. The normalized spacial score (nSPS) is 10.2. The van der Waals surface area contributed by atoms with Crippen molar-refractivity contribution in [2.45, 2.75) is 6.92 Å². The van der Waals surface area contributed by atoms with E-state index in [1.165, 1.54) is 13.4 Å². The van der Waals surface area contributed by atoms with E-state index in [-0.39, 0.29) is 5.82 Å². The minimum absolute atomic E-state index is 0.259. The zero-order valence-corrected chi connectivity index (χ0v) is 12.2. The Balaban J connectivity index is 2.45. The number of ether oxygens (including phenoxy) is 2. The van der Waals surface area contributed by atoms with Crippen LogP contribution in [0.3, 0.4) is 0 Å². The van der Waals surface area contributed by atoms with Crippen LogP contribution in [0.15, 0.2) is 18.5 Å². The second-order valence-corrected chi connectivity index (χ2v) is 4.47. The van der Waals surface area contributed by atoms with Crippen LogP contribution in [0.25, 0.3) is 0 Å². The van der Waals surface area contributed by atoms with Crippen molar-refractivity contribution in [3.8, 4) is 11.5 Å². The standard InChI is InChI=1S/C13H15ClN4O2/c1-7-4-9(10(19-2)5-8(7)14)18-13-11(20-3)12(15)16-6-17-13/h4-6H,1-3H3,(H3,15,16,17,18). The molecule has 2 aromatic rings. The highest BCUT2D eigenvalue weighted by Crippen LogP contribution is 2.35. The van der Waals surface area contributed by atoms with Crippen LogP contribution in [0.1, 0.15) is 5.56 Å². The Hall–Kier alpha value is -2.21. The number of nitrogens with zero attached hydrogens (tertiary/aromatic N) is 2. The summed E-state index contributed by atoms with van der Waals surface area (Å²) in [4.78, 5) is 7.99. The molecule has 7 heteroatoms. The number of methoxy groups -OCH3 is 2. The summed E-state index contributed by atoms with van der Waals surface area (Å²) in [6.45, 7) is 1.90. The Kier molecular flexibility index (Phi) is 4.14. The van der Waals surface area contributed by atoms with Crippen LogP contribution >= 0.6 is 11.6 Å². The van der Waals surface area contributed by atoms with Crippen LogP contribution < -0.4 is 20.5 Å². The highest BCUT2D eigenvalue weighted by Gasteiger charge is 2.13. The van der Waals surface area contributed by atoms with Crippen LogP contribution in [0, 0.1) is 6.92 Å². The minimum Gasteiger partial charge on any atom is -0.495 e. The highest BCUT2D eigenvalue weighted by molar-refractivity contribution is 6.31. The molecule has 0 fully saturated rings. The van der Waals surface area contributed by atoms with Gasteiger partial charge in [0.15, 0.2) is 11.6 Å². The van der Waals surface area contributed by atoms with Crippen molar-refractivity contribution in [2.75, 3.05) is 25.3 Å². The average Bonchev–Trinajstić information content (AvgIpc) is 2.43. The molecule has 0 amide bonds. The van der Waals surface area contributed by atoms with Crippen molar-refractivity contribution in [3.63, 3.8) is 0 Å². The number of rotatable bonds is 4. The molecule has 3 N–H and O–H groups in total. The van der Waals surface area contributed by atoms with Gasteiger partial charge < -0.3 is 20.5 Å². The molecule has 0 saturated heterocycles. The Labute approximate surface area is 121 Å². The van der Waals surface area contributed by atoms with Gasteiger partial charge in [-0.05, 0) is 18.6 Å². The molecule has 6 nitrogen and oxygen atoms in total. The van der Waals surface area contributed by atoms with Gasteiger partial charge in [-0.25, -0.2) is 9.97 Å². The number of nitrogen functional groups attached to an aromatic ring is 1. The van der Waals surface area contributed by atoms with E-state index in [0.717, 1.165) is 5.56 Å². The molecule has 0 aliphatic carbocycles. The first-order valence-corrected chi connectivity index (χ1v) is 6.20. The topological polar surface area (TPSA) is 82.3 Å². The number of hydrogen-bond donors (Lipinski definition) is 2. The summed E-state index contributed by atoms with van der Waals surface area (Å²) in [5.74, 6) is 1.69. The quantitative estimate of drug-likeness (QED) is 0.902. The van der Waals surface area contributed by atoms with Crippen molar-refractivity contribution >= 4 is 28.9 Å². The van der Waals surface area contributed by atoms with E-state index >= 15 is 0 Å². The Morgan fingerprint density at radius 1 is 1.20 bits per heavy atom. The molecule has 0 aliphatic rings. The summed E-state index contributed by atoms with van der Waals surface area (Å²) in [6, 6.07) is 3.59. The zero-order valence-electron chi connectivity index (χ0n) is 11.4. The molecule has 0 bridgehead atoms. The molecule has 1 heterocycles. The summed E-state index contributed by atoms with van der Waals surface area (Å²) < 4.78 is 10.5. The van der Waals surface area contributed by atoms with Crippen molar-refractivity contribution < 1.29 is 9.47 Å². The monoisotopic (exact) mass is 294 g/mol. The number of nitrogens with two attached hydrogens (primary N) is 1. The van der Waals surface area contributed by atoms with Crippen molar-refractivity contribution in [3.05, 3.63) is 29.0 Å². The number of aromatic nitrogens is 2. The third-order valence-corrected chi connectivity index (χ3v) is 3.18. The number of aryl methyl sites for hydroxylation is 1. The minimum atomic E-state index is 0.259. The van der Waals surface area contributed by atoms with Gasteiger partial charge in [0.1, 0.15) is 12.1 Å². The Morgan fingerprint density at radius 2 is 1.95 bits per heavy atom. The third-order valence-electron chi connectivity index (χ3n) is 2.77. The van der Waals surface area contributed by atoms with E-state index in [4.69, 9.17) is 26.8 Å². The van der Waals surface area contributed by atoms with Gasteiger partial charge in [0.25, 0.3) is 0 Å². The fourth-order valence-corrected chi connectivity index (χ4v) is 1.89. The first-order valence-electron chi connectivity index (χ1n) is 5.82. The lowest BCUT2D eigenvalue weighted by molar-refractivity contribution is 0.413. The maximum atomic E-state index is 6.07. The predicted octanol–water partition coefficient (Wildman–Crippen LogP) is 2.78. The fraction of sp³-hybridized carbons (Fsp3) is 0.231. The lowest BCUT2D eigenvalue weighted by Gasteiger charge is -2.14. The predicted molar refractivity (Wildman–Crippen MR) is 79.0 cm³/mol. The number of benzene rings is 1. The van der Waals surface area contributed by atoms with Crippen LogP contribution in [-0.2, 0) is 0 Å². The maximum absolute atomic E-state index is 6.07. The summed E-state index contributed by atoms with van der Waals surface area (Å²) in [5.41, 5.74) is 7.37. The van der Waals surface area contributed by atoms with Crippen LogP contribution in [-0.4, -0.2) is 24.2 Å². The number of hydrogen-bond acceptors (Lipinski definition) is 6. The van der Waals surface area contributed by atoms with Crippen molar-refractivity contribution in [1.29, 1.82) is 0 Å². The average molecular weight is 295 g/mol. The SMILES string of the molecule is COc1cc(Cl)c(C)cc1Nc1ncnc(N)c1OC. The van der Waals surface area contributed by atoms with E-state index in [0.29, 0.717) is 28.0 Å². The van der Waals surface area contributed by atoms with Gasteiger partial charge in [-0.3, -0.25) is 0 Å². The highest BCUT2D eigenvalue weighted by atomic mass is 35.5. The molecule has 0 unspecified atom stereocenters. The molecule has 20 heavy (non-hydrogen) atoms. The largest absolute Gasteiger partial charge is 0.495 e.